The van der Waals surface area contributed by atoms with Gasteiger partial charge in [0, 0.05) is 0 Å². The molecule has 0 radical (unpaired) electrons. The summed E-state index contributed by atoms with van der Waals surface area (Å²) in [6.45, 7) is -1.65. The molecular formula is C19H21FeN. The van der Waals surface area contributed by atoms with E-state index >= 15 is 0 Å². The molecule has 0 bridgehead atoms. The van der Waals surface area contributed by atoms with Crippen LogP contribution in [0.3, 0.4) is 0 Å². The summed E-state index contributed by atoms with van der Waals surface area (Å²) in [6.07, 6.45) is 0. The summed E-state index contributed by atoms with van der Waals surface area (Å²) in [4.78, 5) is 13.7. The molecule has 1 spiro atoms. The number of nitrogens with zero attached hydrogens (tertiary/aromatic N) is 1. The minimum absolute atomic E-state index is 0.908. The van der Waals surface area contributed by atoms with Crippen molar-refractivity contribution in [3.05, 3.63) is 35.9 Å². The van der Waals surface area contributed by atoms with Crippen LogP contribution in [0.25, 0.3) is 0 Å². The van der Waals surface area contributed by atoms with E-state index in [0.717, 1.165) is 8.63 Å². The molecule has 10 aliphatic rings. The summed E-state index contributed by atoms with van der Waals surface area (Å²) in [7, 11) is 4.73. The van der Waals surface area contributed by atoms with Crippen LogP contribution < -0.4 is 0 Å². The molecule has 21 heavy (non-hydrogen) atoms. The molecule has 11 rings (SSSR count). The van der Waals surface area contributed by atoms with E-state index in [2.05, 4.69) is 49.3 Å². The van der Waals surface area contributed by atoms with Crippen molar-refractivity contribution >= 4 is 0 Å². The molecule has 10 saturated heterocycles. The maximum absolute atomic E-state index is 3.16. The van der Waals surface area contributed by atoms with Gasteiger partial charge in [0.05, 0.1) is 0 Å². The Labute approximate surface area is 115 Å². The molecule has 0 N–H and O–H groups in total. The minimum atomic E-state index is -3.16. The van der Waals surface area contributed by atoms with Crippen LogP contribution in [-0.2, 0) is 10.8 Å². The van der Waals surface area contributed by atoms with Crippen LogP contribution in [0.1, 0.15) is 5.56 Å². The van der Waals surface area contributed by atoms with Crippen LogP contribution in [0.5, 0.6) is 0 Å². The third-order valence-electron chi connectivity index (χ3n) is 16.9. The fourth-order valence-corrected chi connectivity index (χ4v) is 96.3. The quantitative estimate of drug-likeness (QED) is 0.746. The van der Waals surface area contributed by atoms with Gasteiger partial charge >= 0.3 is 115 Å². The van der Waals surface area contributed by atoms with Crippen molar-refractivity contribution in [2.24, 2.45) is 0 Å². The van der Waals surface area contributed by atoms with Crippen LogP contribution >= 0.6 is 0 Å². The number of fused-ring (bicyclic) bond motifs is 10. The van der Waals surface area contributed by atoms with Crippen LogP contribution in [0, 0.1) is 0 Å². The van der Waals surface area contributed by atoms with Gasteiger partial charge in [0.25, 0.3) is 0 Å². The van der Waals surface area contributed by atoms with E-state index in [1.807, 2.05) is 5.56 Å². The van der Waals surface area contributed by atoms with Gasteiger partial charge < -0.3 is 0 Å². The molecule has 0 aromatic heterocycles. The van der Waals surface area contributed by atoms with Crippen LogP contribution in [0.15, 0.2) is 30.3 Å². The van der Waals surface area contributed by atoms with Crippen molar-refractivity contribution < 1.29 is 6.51 Å². The zero-order valence-electron chi connectivity index (χ0n) is 12.5. The average molecular weight is 319 g/mol. The number of benzene rings is 1. The molecule has 10 heterocycles. The molecule has 1 aromatic rings. The average Bonchev–Trinajstić information content (AvgIpc) is 3.42. The molecule has 110 valence electrons. The van der Waals surface area contributed by atoms with Gasteiger partial charge in [-0.1, -0.05) is 0 Å². The van der Waals surface area contributed by atoms with E-state index in [4.69, 9.17) is 0 Å². The van der Waals surface area contributed by atoms with Gasteiger partial charge in [0.2, 0.25) is 0 Å². The SMILES string of the molecule is CN(C)C[C]12[CH]3[CH]4[CH]5[CH]1[Fe]45321678[CH]2[CH]1[CH]6[C]7(c1ccccc1)[CH]28. The Balaban J connectivity index is 1.45. The van der Waals surface area contributed by atoms with E-state index in [1.54, 1.807) is 0 Å². The molecule has 1 aromatic carbocycles. The predicted octanol–water partition coefficient (Wildman–Crippen LogP) is 4.41. The Kier molecular flexibility index (Phi) is 0.325. The van der Waals surface area contributed by atoms with Gasteiger partial charge in [-0.3, -0.25) is 0 Å². The standard InChI is InChI=1S/C11H9.C8H12N.Fe/c1-2-6-10(7-3-1)11-8-4-5-9-11;1-9(2)7-8-5-3-4-6-8;/h1-9H;3-6H,7H2,1-2H3;. The van der Waals surface area contributed by atoms with Crippen molar-refractivity contribution in [2.45, 2.75) is 47.2 Å². The van der Waals surface area contributed by atoms with Crippen molar-refractivity contribution in [1.29, 1.82) is 0 Å². The number of hydrogen-bond donors (Lipinski definition) is 0. The van der Waals surface area contributed by atoms with Gasteiger partial charge in [0.1, 0.15) is 0 Å². The van der Waals surface area contributed by atoms with Crippen LogP contribution in [0.2, 0.25) is 42.8 Å². The van der Waals surface area contributed by atoms with E-state index in [1.165, 1.54) is 45.1 Å². The Bertz CT molecular complexity index is 1240. The van der Waals surface area contributed by atoms with Crippen molar-refractivity contribution in [1.82, 2.24) is 4.90 Å². The number of rotatable bonds is 3. The van der Waals surface area contributed by atoms with E-state index in [0.29, 0.717) is 0 Å². The summed E-state index contributed by atoms with van der Waals surface area (Å²) in [5, 5.41) is 0. The predicted molar refractivity (Wildman–Crippen MR) is 79.4 cm³/mol. The van der Waals surface area contributed by atoms with E-state index in [9.17, 15) is 0 Å². The normalized spacial score (nSPS) is 102. The van der Waals surface area contributed by atoms with Gasteiger partial charge in [-0.15, -0.1) is 0 Å². The first kappa shape index (κ1) is 8.52. The fourth-order valence-electron chi connectivity index (χ4n) is 19.4. The molecule has 1 nitrogen and oxygen atoms in total. The third kappa shape index (κ3) is 0.103. The summed E-state index contributed by atoms with van der Waals surface area (Å²) in [5.41, 5.74) is 1.87. The zero-order chi connectivity index (χ0) is 13.3. The first-order chi connectivity index (χ1) is 9.95. The second-order valence-electron chi connectivity index (χ2n) is 12.5. The molecule has 0 aliphatic carbocycles. The van der Waals surface area contributed by atoms with Gasteiger partial charge in [-0.2, -0.15) is 0 Å². The molecule has 8 atom stereocenters. The fraction of sp³-hybridized carbons (Fsp3) is 0.684. The zero-order valence-corrected chi connectivity index (χ0v) is 13.6. The molecule has 8 unspecified atom stereocenters. The molecule has 2 heteroatoms. The van der Waals surface area contributed by atoms with Crippen molar-refractivity contribution in [2.75, 3.05) is 20.6 Å². The molecule has 10 aliphatic heterocycles. The van der Waals surface area contributed by atoms with Crippen LogP contribution in [-0.4, -0.2) is 25.5 Å². The van der Waals surface area contributed by atoms with Gasteiger partial charge in [0.15, 0.2) is 0 Å². The maximum atomic E-state index is 2.60. The first-order valence-electron chi connectivity index (χ1n) is 8.87. The molecule has 0 amide bonds. The second-order valence-corrected chi connectivity index (χ2v) is 35.9. The third-order valence-corrected chi connectivity index (χ3v) is 60.2. The van der Waals surface area contributed by atoms with Crippen molar-refractivity contribution in [3.63, 3.8) is 0 Å². The summed E-state index contributed by atoms with van der Waals surface area (Å²) >= 11 is 0. The summed E-state index contributed by atoms with van der Waals surface area (Å²) in [6, 6.07) is 12.1. The summed E-state index contributed by atoms with van der Waals surface area (Å²) < 4.78 is 1.92. The monoisotopic (exact) mass is 319 g/mol. The second kappa shape index (κ2) is 0.802. The summed E-state index contributed by atoms with van der Waals surface area (Å²) in [5.74, 6) is 0. The topological polar surface area (TPSA) is 3.24 Å². The Morgan fingerprint density at radius 1 is 0.905 bits per heavy atom. The first-order valence-corrected chi connectivity index (χ1v) is 15.1. The van der Waals surface area contributed by atoms with Gasteiger partial charge in [-0.25, -0.2) is 0 Å². The molecule has 10 fully saturated rings. The van der Waals surface area contributed by atoms with E-state index in [-0.39, 0.29) is 0 Å². The Morgan fingerprint density at radius 2 is 1.48 bits per heavy atom. The molecule has 0 saturated carbocycles. The number of hydrogen-bond acceptors (Lipinski definition) is 1. The van der Waals surface area contributed by atoms with Crippen molar-refractivity contribution in [3.8, 4) is 0 Å². The Morgan fingerprint density at radius 3 is 1.95 bits per heavy atom. The molecular weight excluding hydrogens is 298 g/mol. The van der Waals surface area contributed by atoms with Gasteiger partial charge in [-0.05, 0) is 0 Å². The van der Waals surface area contributed by atoms with Crippen LogP contribution in [0.4, 0.5) is 0 Å². The Hall–Kier alpha value is -0.301. The van der Waals surface area contributed by atoms with E-state index < -0.39 is 6.51 Å².